The molecule has 1 aromatic rings. The number of rotatable bonds is 2. The second kappa shape index (κ2) is 4.50. The first-order chi connectivity index (χ1) is 7.70. The van der Waals surface area contributed by atoms with Gasteiger partial charge in [0.05, 0.1) is 0 Å². The molecule has 0 amide bonds. The Morgan fingerprint density at radius 3 is 3.00 bits per heavy atom. The Bertz CT molecular complexity index is 425. The summed E-state index contributed by atoms with van der Waals surface area (Å²) in [5.41, 5.74) is 7.24. The summed E-state index contributed by atoms with van der Waals surface area (Å²) in [5, 5.41) is 9.03. The summed E-state index contributed by atoms with van der Waals surface area (Å²) in [6.45, 7) is 1.88. The van der Waals surface area contributed by atoms with E-state index in [4.69, 9.17) is 15.7 Å². The number of hydrogen-bond donors (Lipinski definition) is 1. The van der Waals surface area contributed by atoms with Gasteiger partial charge in [-0.3, -0.25) is 0 Å². The monoisotopic (exact) mass is 217 g/mol. The third kappa shape index (κ3) is 2.15. The van der Waals surface area contributed by atoms with Gasteiger partial charge >= 0.3 is 0 Å². The van der Waals surface area contributed by atoms with Gasteiger partial charge in [0.15, 0.2) is 0 Å². The lowest BCUT2D eigenvalue weighted by Gasteiger charge is -2.13. The Morgan fingerprint density at radius 1 is 1.56 bits per heavy atom. The molecule has 0 aromatic carbocycles. The van der Waals surface area contributed by atoms with E-state index in [0.29, 0.717) is 11.4 Å². The van der Waals surface area contributed by atoms with Crippen LogP contribution in [0.15, 0.2) is 12.3 Å². The maximum atomic E-state index is 9.03. The van der Waals surface area contributed by atoms with Crippen LogP contribution in [0.3, 0.4) is 0 Å². The van der Waals surface area contributed by atoms with Crippen LogP contribution in [0.2, 0.25) is 0 Å². The summed E-state index contributed by atoms with van der Waals surface area (Å²) in [6.07, 6.45) is 4.55. The molecular formula is C12H15N3O. The minimum atomic E-state index is 0.108. The quantitative estimate of drug-likeness (QED) is 0.815. The fourth-order valence-corrected chi connectivity index (χ4v) is 2.00. The Labute approximate surface area is 95.0 Å². The van der Waals surface area contributed by atoms with E-state index >= 15 is 0 Å². The lowest BCUT2D eigenvalue weighted by Crippen LogP contribution is -2.19. The molecule has 2 unspecified atom stereocenters. The number of ether oxygens (including phenoxy) is 1. The van der Waals surface area contributed by atoms with Crippen molar-refractivity contribution in [2.24, 2.45) is 5.73 Å². The highest BCUT2D eigenvalue weighted by atomic mass is 16.5. The second-order valence-electron chi connectivity index (χ2n) is 4.23. The summed E-state index contributed by atoms with van der Waals surface area (Å²) in [6, 6.07) is 4.16. The second-order valence-corrected chi connectivity index (χ2v) is 4.23. The molecular weight excluding hydrogens is 202 g/mol. The van der Waals surface area contributed by atoms with E-state index in [-0.39, 0.29) is 12.1 Å². The van der Waals surface area contributed by atoms with Gasteiger partial charge < -0.3 is 10.5 Å². The molecule has 1 aliphatic carbocycles. The van der Waals surface area contributed by atoms with Crippen LogP contribution in [0.25, 0.3) is 0 Å². The zero-order chi connectivity index (χ0) is 11.5. The van der Waals surface area contributed by atoms with Gasteiger partial charge in [-0.05, 0) is 37.8 Å². The summed E-state index contributed by atoms with van der Waals surface area (Å²) >= 11 is 0. The maximum Gasteiger partial charge on any atom is 0.232 e. The van der Waals surface area contributed by atoms with E-state index in [0.717, 1.165) is 24.8 Å². The van der Waals surface area contributed by atoms with Crippen molar-refractivity contribution in [1.29, 1.82) is 5.26 Å². The molecule has 0 bridgehead atoms. The van der Waals surface area contributed by atoms with Gasteiger partial charge in [0.1, 0.15) is 17.7 Å². The number of pyridine rings is 1. The molecule has 1 saturated carbocycles. The fraction of sp³-hybridized carbons (Fsp3) is 0.500. The largest absolute Gasteiger partial charge is 0.473 e. The molecule has 16 heavy (non-hydrogen) atoms. The average Bonchev–Trinajstić information content (AvgIpc) is 2.64. The van der Waals surface area contributed by atoms with Crippen molar-refractivity contribution in [1.82, 2.24) is 4.98 Å². The zero-order valence-corrected chi connectivity index (χ0v) is 9.31. The van der Waals surface area contributed by atoms with E-state index in [1.165, 1.54) is 0 Å². The highest BCUT2D eigenvalue weighted by Gasteiger charge is 2.24. The van der Waals surface area contributed by atoms with Gasteiger partial charge in [-0.1, -0.05) is 0 Å². The summed E-state index contributed by atoms with van der Waals surface area (Å²) in [5.74, 6) is 0.446. The molecule has 1 fully saturated rings. The molecule has 1 heterocycles. The van der Waals surface area contributed by atoms with E-state index < -0.39 is 0 Å². The molecule has 4 heteroatoms. The van der Waals surface area contributed by atoms with Crippen molar-refractivity contribution in [2.45, 2.75) is 38.3 Å². The number of aromatic nitrogens is 1. The first-order valence-corrected chi connectivity index (χ1v) is 5.48. The Kier molecular flexibility index (Phi) is 3.07. The molecule has 0 aliphatic heterocycles. The molecule has 4 nitrogen and oxygen atoms in total. The number of nitrogens with zero attached hydrogens (tertiary/aromatic N) is 2. The van der Waals surface area contributed by atoms with Crippen molar-refractivity contribution in [3.63, 3.8) is 0 Å². The predicted molar refractivity (Wildman–Crippen MR) is 59.9 cm³/mol. The third-order valence-corrected chi connectivity index (χ3v) is 2.94. The first kappa shape index (κ1) is 10.9. The molecule has 2 N–H and O–H groups in total. The normalized spacial score (nSPS) is 24.1. The Hall–Kier alpha value is -1.60. The van der Waals surface area contributed by atoms with Crippen molar-refractivity contribution >= 4 is 0 Å². The highest BCUT2D eigenvalue weighted by molar-refractivity contribution is 5.43. The molecule has 1 aliphatic rings. The SMILES string of the molecule is Cc1ccnc(OC2CCC(N)C2)c1C#N. The average molecular weight is 217 g/mol. The molecule has 0 radical (unpaired) electrons. The van der Waals surface area contributed by atoms with Crippen LogP contribution in [0.5, 0.6) is 5.88 Å². The molecule has 2 rings (SSSR count). The standard InChI is InChI=1S/C12H15N3O/c1-8-4-5-15-12(11(8)7-13)16-10-3-2-9(14)6-10/h4-5,9-10H,2-3,6,14H2,1H3. The van der Waals surface area contributed by atoms with Crippen LogP contribution in [0.1, 0.15) is 30.4 Å². The molecule has 1 aromatic heterocycles. The van der Waals surface area contributed by atoms with Crippen LogP contribution in [0, 0.1) is 18.3 Å². The summed E-state index contributed by atoms with van der Waals surface area (Å²) in [7, 11) is 0. The van der Waals surface area contributed by atoms with E-state index in [1.807, 2.05) is 13.0 Å². The number of aryl methyl sites for hydroxylation is 1. The number of nitriles is 1. The van der Waals surface area contributed by atoms with Crippen LogP contribution in [-0.4, -0.2) is 17.1 Å². The van der Waals surface area contributed by atoms with Gasteiger partial charge in [-0.2, -0.15) is 5.26 Å². The van der Waals surface area contributed by atoms with Gasteiger partial charge in [0.25, 0.3) is 0 Å². The highest BCUT2D eigenvalue weighted by Crippen LogP contribution is 2.25. The van der Waals surface area contributed by atoms with Gasteiger partial charge in [0, 0.05) is 12.2 Å². The lowest BCUT2D eigenvalue weighted by atomic mass is 10.2. The van der Waals surface area contributed by atoms with Crippen LogP contribution >= 0.6 is 0 Å². The molecule has 0 spiro atoms. The van der Waals surface area contributed by atoms with E-state index in [2.05, 4.69) is 11.1 Å². The molecule has 84 valence electrons. The topological polar surface area (TPSA) is 71.9 Å². The number of nitrogens with two attached hydrogens (primary N) is 1. The Balaban J connectivity index is 2.16. The van der Waals surface area contributed by atoms with Crippen LogP contribution < -0.4 is 10.5 Å². The molecule has 2 atom stereocenters. The van der Waals surface area contributed by atoms with Crippen molar-refractivity contribution < 1.29 is 4.74 Å². The maximum absolute atomic E-state index is 9.03. The third-order valence-electron chi connectivity index (χ3n) is 2.94. The number of hydrogen-bond acceptors (Lipinski definition) is 4. The minimum absolute atomic E-state index is 0.108. The van der Waals surface area contributed by atoms with Gasteiger partial charge in [-0.15, -0.1) is 0 Å². The van der Waals surface area contributed by atoms with Crippen molar-refractivity contribution in [2.75, 3.05) is 0 Å². The first-order valence-electron chi connectivity index (χ1n) is 5.48. The van der Waals surface area contributed by atoms with Gasteiger partial charge in [-0.25, -0.2) is 4.98 Å². The fourth-order valence-electron chi connectivity index (χ4n) is 2.00. The lowest BCUT2D eigenvalue weighted by molar-refractivity contribution is 0.199. The van der Waals surface area contributed by atoms with Crippen LogP contribution in [-0.2, 0) is 0 Å². The Morgan fingerprint density at radius 2 is 2.38 bits per heavy atom. The van der Waals surface area contributed by atoms with Crippen molar-refractivity contribution in [3.05, 3.63) is 23.4 Å². The summed E-state index contributed by atoms with van der Waals surface area (Å²) < 4.78 is 5.73. The van der Waals surface area contributed by atoms with Crippen LogP contribution in [0.4, 0.5) is 0 Å². The smallest absolute Gasteiger partial charge is 0.232 e. The molecule has 0 saturated heterocycles. The van der Waals surface area contributed by atoms with Gasteiger partial charge in [0.2, 0.25) is 5.88 Å². The van der Waals surface area contributed by atoms with E-state index in [9.17, 15) is 0 Å². The predicted octanol–water partition coefficient (Wildman–Crippen LogP) is 1.52. The zero-order valence-electron chi connectivity index (χ0n) is 9.31. The minimum Gasteiger partial charge on any atom is -0.473 e. The van der Waals surface area contributed by atoms with E-state index in [1.54, 1.807) is 6.20 Å². The van der Waals surface area contributed by atoms with Crippen molar-refractivity contribution in [3.8, 4) is 11.9 Å². The summed E-state index contributed by atoms with van der Waals surface area (Å²) in [4.78, 5) is 4.11.